The summed E-state index contributed by atoms with van der Waals surface area (Å²) < 4.78 is 0.810. The monoisotopic (exact) mass is 244 g/mol. The summed E-state index contributed by atoms with van der Waals surface area (Å²) >= 11 is 7.48. The van der Waals surface area contributed by atoms with Gasteiger partial charge in [0.15, 0.2) is 0 Å². The maximum absolute atomic E-state index is 10.6. The number of thiophene rings is 1. The van der Waals surface area contributed by atoms with Gasteiger partial charge < -0.3 is 5.11 Å². The zero-order valence-corrected chi connectivity index (χ0v) is 10.8. The first-order valence-corrected chi connectivity index (χ1v) is 6.59. The molecule has 0 bridgehead atoms. The maximum Gasteiger partial charge on any atom is 0.0931 e. The van der Waals surface area contributed by atoms with Crippen molar-refractivity contribution in [2.75, 3.05) is 0 Å². The van der Waals surface area contributed by atoms with Crippen LogP contribution in [0.4, 0.5) is 0 Å². The molecule has 1 aromatic rings. The highest BCUT2D eigenvalue weighted by atomic mass is 35.5. The molecule has 0 saturated heterocycles. The van der Waals surface area contributed by atoms with Crippen molar-refractivity contribution in [2.24, 2.45) is 5.41 Å². The maximum atomic E-state index is 10.6. The van der Waals surface area contributed by atoms with Gasteiger partial charge >= 0.3 is 0 Å². The van der Waals surface area contributed by atoms with E-state index >= 15 is 0 Å². The number of halogens is 1. The third-order valence-electron chi connectivity index (χ3n) is 3.75. The average molecular weight is 245 g/mol. The van der Waals surface area contributed by atoms with E-state index in [9.17, 15) is 5.11 Å². The summed E-state index contributed by atoms with van der Waals surface area (Å²) in [7, 11) is 0. The fraction of sp³-hybridized carbons (Fsp3) is 0.667. The molecule has 3 heteroatoms. The van der Waals surface area contributed by atoms with E-state index in [4.69, 9.17) is 11.6 Å². The molecular weight excluding hydrogens is 228 g/mol. The lowest BCUT2D eigenvalue weighted by Crippen LogP contribution is -2.41. The van der Waals surface area contributed by atoms with Crippen molar-refractivity contribution in [3.05, 3.63) is 21.3 Å². The van der Waals surface area contributed by atoms with Gasteiger partial charge in [0.2, 0.25) is 0 Å². The lowest BCUT2D eigenvalue weighted by molar-refractivity contribution is -0.0413. The van der Waals surface area contributed by atoms with Crippen molar-refractivity contribution in [1.29, 1.82) is 0 Å². The van der Waals surface area contributed by atoms with E-state index in [1.54, 1.807) is 11.3 Å². The van der Waals surface area contributed by atoms with Gasteiger partial charge in [0, 0.05) is 11.3 Å². The summed E-state index contributed by atoms with van der Waals surface area (Å²) in [4.78, 5) is 1.19. The standard InChI is InChI=1S/C12H17ClOS/c1-11(2)6-3-7-12(11,14)8-9-4-5-10(13)15-9/h4-5,14H,3,6-8H2,1-2H3. The molecule has 0 aliphatic heterocycles. The van der Waals surface area contributed by atoms with E-state index in [-0.39, 0.29) is 5.41 Å². The van der Waals surface area contributed by atoms with Gasteiger partial charge in [-0.1, -0.05) is 25.4 Å². The number of hydrogen-bond acceptors (Lipinski definition) is 2. The van der Waals surface area contributed by atoms with Crippen molar-refractivity contribution in [2.45, 2.75) is 45.1 Å². The predicted molar refractivity (Wildman–Crippen MR) is 65.6 cm³/mol. The molecule has 1 N–H and O–H groups in total. The summed E-state index contributed by atoms with van der Waals surface area (Å²) in [6, 6.07) is 3.94. The van der Waals surface area contributed by atoms with E-state index in [0.717, 1.165) is 30.0 Å². The molecule has 1 aliphatic rings. The van der Waals surface area contributed by atoms with Crippen LogP contribution >= 0.6 is 22.9 Å². The molecule has 1 unspecified atom stereocenters. The van der Waals surface area contributed by atoms with Crippen LogP contribution < -0.4 is 0 Å². The zero-order chi connectivity index (χ0) is 11.1. The Morgan fingerprint density at radius 1 is 1.40 bits per heavy atom. The van der Waals surface area contributed by atoms with Crippen LogP contribution in [-0.4, -0.2) is 10.7 Å². The molecule has 1 saturated carbocycles. The molecule has 0 aromatic carbocycles. The Labute approximate surface area is 100 Å². The van der Waals surface area contributed by atoms with Gasteiger partial charge in [-0.25, -0.2) is 0 Å². The molecule has 1 heterocycles. The van der Waals surface area contributed by atoms with Crippen LogP contribution in [0.15, 0.2) is 12.1 Å². The van der Waals surface area contributed by atoms with E-state index in [0.29, 0.717) is 0 Å². The van der Waals surface area contributed by atoms with Crippen molar-refractivity contribution in [3.63, 3.8) is 0 Å². The Balaban J connectivity index is 2.17. The van der Waals surface area contributed by atoms with Crippen LogP contribution in [0.25, 0.3) is 0 Å². The fourth-order valence-electron chi connectivity index (χ4n) is 2.46. The molecule has 0 spiro atoms. The molecule has 1 nitrogen and oxygen atoms in total. The number of aliphatic hydroxyl groups is 1. The second-order valence-corrected chi connectivity index (χ2v) is 6.95. The van der Waals surface area contributed by atoms with Crippen LogP contribution in [-0.2, 0) is 6.42 Å². The second-order valence-electron chi connectivity index (χ2n) is 5.15. The van der Waals surface area contributed by atoms with E-state index < -0.39 is 5.60 Å². The minimum Gasteiger partial charge on any atom is -0.389 e. The van der Waals surface area contributed by atoms with Crippen LogP contribution in [0.3, 0.4) is 0 Å². The van der Waals surface area contributed by atoms with Crippen LogP contribution in [0, 0.1) is 5.41 Å². The Kier molecular flexibility index (Phi) is 2.87. The second kappa shape index (κ2) is 3.76. The molecule has 1 aromatic heterocycles. The van der Waals surface area contributed by atoms with E-state index in [1.807, 2.05) is 12.1 Å². The van der Waals surface area contributed by atoms with Gasteiger partial charge in [0.25, 0.3) is 0 Å². The van der Waals surface area contributed by atoms with Crippen LogP contribution in [0.2, 0.25) is 4.34 Å². The summed E-state index contributed by atoms with van der Waals surface area (Å²) in [5.74, 6) is 0. The van der Waals surface area contributed by atoms with Gasteiger partial charge in [-0.2, -0.15) is 0 Å². The predicted octanol–water partition coefficient (Wildman–Crippen LogP) is 3.89. The van der Waals surface area contributed by atoms with Gasteiger partial charge in [0.1, 0.15) is 0 Å². The fourth-order valence-corrected chi connectivity index (χ4v) is 3.65. The van der Waals surface area contributed by atoms with Gasteiger partial charge in [0.05, 0.1) is 9.94 Å². The smallest absolute Gasteiger partial charge is 0.0931 e. The highest BCUT2D eigenvalue weighted by Crippen LogP contribution is 2.48. The van der Waals surface area contributed by atoms with Gasteiger partial charge in [-0.3, -0.25) is 0 Å². The molecule has 0 radical (unpaired) electrons. The molecule has 2 rings (SSSR count). The SMILES string of the molecule is CC1(C)CCCC1(O)Cc1ccc(Cl)s1. The largest absolute Gasteiger partial charge is 0.389 e. The van der Waals surface area contributed by atoms with E-state index in [1.165, 1.54) is 4.88 Å². The molecule has 1 atom stereocenters. The molecular formula is C12H17ClOS. The minimum absolute atomic E-state index is 0.0312. The van der Waals surface area contributed by atoms with Gasteiger partial charge in [-0.05, 0) is 36.8 Å². The molecule has 0 amide bonds. The number of rotatable bonds is 2. The Hall–Kier alpha value is -0.0500. The minimum atomic E-state index is -0.540. The topological polar surface area (TPSA) is 20.2 Å². The normalized spacial score (nSPS) is 29.6. The van der Waals surface area contributed by atoms with Crippen molar-refractivity contribution in [3.8, 4) is 0 Å². The third kappa shape index (κ3) is 2.08. The third-order valence-corrected chi connectivity index (χ3v) is 4.98. The highest BCUT2D eigenvalue weighted by Gasteiger charge is 2.47. The molecule has 84 valence electrons. The highest BCUT2D eigenvalue weighted by molar-refractivity contribution is 7.16. The van der Waals surface area contributed by atoms with Crippen molar-refractivity contribution < 1.29 is 5.11 Å². The van der Waals surface area contributed by atoms with Crippen LogP contribution in [0.5, 0.6) is 0 Å². The summed E-state index contributed by atoms with van der Waals surface area (Å²) in [6.45, 7) is 4.32. The lowest BCUT2D eigenvalue weighted by atomic mass is 9.75. The van der Waals surface area contributed by atoms with Crippen molar-refractivity contribution in [1.82, 2.24) is 0 Å². The Bertz CT molecular complexity index is 358. The zero-order valence-electron chi connectivity index (χ0n) is 9.22. The summed E-state index contributed by atoms with van der Waals surface area (Å²) in [6.07, 6.45) is 3.90. The Morgan fingerprint density at radius 3 is 2.60 bits per heavy atom. The van der Waals surface area contributed by atoms with Crippen molar-refractivity contribution >= 4 is 22.9 Å². The van der Waals surface area contributed by atoms with Gasteiger partial charge in [-0.15, -0.1) is 11.3 Å². The Morgan fingerprint density at radius 2 is 2.13 bits per heavy atom. The molecule has 1 aliphatic carbocycles. The molecule has 1 fully saturated rings. The van der Waals surface area contributed by atoms with E-state index in [2.05, 4.69) is 13.8 Å². The quantitative estimate of drug-likeness (QED) is 0.837. The first-order valence-electron chi connectivity index (χ1n) is 5.40. The summed E-state index contributed by atoms with van der Waals surface area (Å²) in [5, 5.41) is 10.6. The lowest BCUT2D eigenvalue weighted by Gasteiger charge is -2.36. The molecule has 15 heavy (non-hydrogen) atoms. The van der Waals surface area contributed by atoms with Crippen LogP contribution in [0.1, 0.15) is 38.0 Å². The first kappa shape index (κ1) is 11.4. The average Bonchev–Trinajstić information content (AvgIpc) is 2.59. The number of hydrogen-bond donors (Lipinski definition) is 1. The summed E-state index contributed by atoms with van der Waals surface area (Å²) in [5.41, 5.74) is -0.509. The first-order chi connectivity index (χ1) is 6.93.